The molecule has 1 N–H and O–H groups in total. The van der Waals surface area contributed by atoms with Crippen molar-refractivity contribution in [2.75, 3.05) is 12.5 Å². The highest BCUT2D eigenvalue weighted by Crippen LogP contribution is 2.33. The van der Waals surface area contributed by atoms with E-state index in [1.54, 1.807) is 19.1 Å². The fraction of sp³-hybridized carbons (Fsp3) is 0.273. The van der Waals surface area contributed by atoms with Crippen molar-refractivity contribution in [1.29, 1.82) is 0 Å². The quantitative estimate of drug-likeness (QED) is 0.509. The standard InChI is InChI=1S/C22H21F4N5O2S/c1-13(30-19(32)11-15-16(22(24,25)26)5-4-6-17(15)23)20-21(28-10-9-27-20)18-8-7-14(12-29-18)31-34(2,3)33/h4-10,12-13H,11H2,1-3H3,(H,30,32)/t13-/m0/s1. The summed E-state index contributed by atoms with van der Waals surface area (Å²) in [6.07, 6.45) is 1.62. The fourth-order valence-corrected chi connectivity index (χ4v) is 3.84. The van der Waals surface area contributed by atoms with Crippen molar-refractivity contribution in [1.82, 2.24) is 20.3 Å². The molecule has 0 fully saturated rings. The summed E-state index contributed by atoms with van der Waals surface area (Å²) < 4.78 is 69.6. The van der Waals surface area contributed by atoms with Crippen LogP contribution in [-0.4, -0.2) is 37.6 Å². The van der Waals surface area contributed by atoms with Crippen molar-refractivity contribution in [3.05, 3.63) is 71.6 Å². The predicted octanol–water partition coefficient (Wildman–Crippen LogP) is 4.48. The Morgan fingerprint density at radius 2 is 1.82 bits per heavy atom. The highest BCUT2D eigenvalue weighted by atomic mass is 32.2. The number of aromatic nitrogens is 3. The Morgan fingerprint density at radius 3 is 2.44 bits per heavy atom. The zero-order chi connectivity index (χ0) is 25.1. The minimum Gasteiger partial charge on any atom is -0.348 e. The van der Waals surface area contributed by atoms with Crippen LogP contribution in [0, 0.1) is 5.82 Å². The average molecular weight is 496 g/mol. The first-order valence-corrected chi connectivity index (χ1v) is 12.3. The van der Waals surface area contributed by atoms with E-state index in [-0.39, 0.29) is 0 Å². The van der Waals surface area contributed by atoms with Gasteiger partial charge in [-0.15, -0.1) is 0 Å². The molecule has 7 nitrogen and oxygen atoms in total. The molecule has 0 aliphatic rings. The number of carbonyl (C=O) groups is 1. The molecular formula is C22H21F4N5O2S. The van der Waals surface area contributed by atoms with Crippen LogP contribution in [0.15, 0.2) is 53.3 Å². The molecule has 2 aromatic heterocycles. The number of nitrogens with one attached hydrogen (secondary N) is 1. The van der Waals surface area contributed by atoms with Crippen molar-refractivity contribution in [3.8, 4) is 11.4 Å². The zero-order valence-electron chi connectivity index (χ0n) is 18.4. The number of halogens is 4. The number of rotatable bonds is 6. The third-order valence-corrected chi connectivity index (χ3v) is 5.24. The van der Waals surface area contributed by atoms with Crippen molar-refractivity contribution >= 4 is 21.3 Å². The highest BCUT2D eigenvalue weighted by Gasteiger charge is 2.35. The minimum absolute atomic E-state index is 0.312. The van der Waals surface area contributed by atoms with Crippen LogP contribution in [0.2, 0.25) is 0 Å². The Labute approximate surface area is 193 Å². The van der Waals surface area contributed by atoms with E-state index >= 15 is 0 Å². The lowest BCUT2D eigenvalue weighted by atomic mass is 10.0. The Morgan fingerprint density at radius 1 is 1.12 bits per heavy atom. The van der Waals surface area contributed by atoms with Gasteiger partial charge < -0.3 is 5.32 Å². The lowest BCUT2D eigenvalue weighted by Crippen LogP contribution is -2.30. The number of hydrogen-bond acceptors (Lipinski definition) is 6. The van der Waals surface area contributed by atoms with Crippen LogP contribution in [0.1, 0.15) is 29.8 Å². The number of hydrogen-bond donors (Lipinski definition) is 1. The molecule has 180 valence electrons. The monoisotopic (exact) mass is 495 g/mol. The normalized spacial score (nSPS) is 12.8. The van der Waals surface area contributed by atoms with Crippen LogP contribution in [-0.2, 0) is 27.1 Å². The molecule has 0 saturated heterocycles. The van der Waals surface area contributed by atoms with Gasteiger partial charge in [-0.05, 0) is 31.2 Å². The van der Waals surface area contributed by atoms with Crippen LogP contribution < -0.4 is 5.32 Å². The lowest BCUT2D eigenvalue weighted by Gasteiger charge is -2.17. The van der Waals surface area contributed by atoms with Crippen LogP contribution in [0.4, 0.5) is 23.2 Å². The van der Waals surface area contributed by atoms with E-state index in [1.807, 2.05) is 0 Å². The number of carbonyl (C=O) groups excluding carboxylic acids is 1. The molecule has 3 aromatic rings. The Bertz CT molecular complexity index is 1310. The van der Waals surface area contributed by atoms with Crippen LogP contribution in [0.3, 0.4) is 0 Å². The molecule has 0 unspecified atom stereocenters. The first-order chi connectivity index (χ1) is 15.8. The van der Waals surface area contributed by atoms with E-state index in [2.05, 4.69) is 24.6 Å². The maximum Gasteiger partial charge on any atom is 0.416 e. The van der Waals surface area contributed by atoms with Crippen molar-refractivity contribution < 1.29 is 26.6 Å². The summed E-state index contributed by atoms with van der Waals surface area (Å²) in [5.74, 6) is -1.93. The maximum atomic E-state index is 14.1. The number of alkyl halides is 3. The van der Waals surface area contributed by atoms with E-state index in [1.165, 1.54) is 31.1 Å². The Balaban J connectivity index is 1.83. The SMILES string of the molecule is C[C@H](NC(=O)Cc1c(F)cccc1C(F)(F)F)c1nccnc1-c1ccc(N=S(C)(C)=O)cn1. The Kier molecular flexibility index (Phi) is 7.29. The third kappa shape index (κ3) is 6.34. The van der Waals surface area contributed by atoms with Gasteiger partial charge in [0.1, 0.15) is 11.5 Å². The van der Waals surface area contributed by atoms with E-state index in [9.17, 15) is 26.6 Å². The molecule has 0 bridgehead atoms. The molecule has 3 rings (SSSR count). The fourth-order valence-electron chi connectivity index (χ4n) is 3.22. The summed E-state index contributed by atoms with van der Waals surface area (Å²) in [7, 11) is -2.37. The third-order valence-electron chi connectivity index (χ3n) is 4.59. The molecule has 2 heterocycles. The van der Waals surface area contributed by atoms with Gasteiger partial charge in [-0.25, -0.2) is 8.60 Å². The number of amides is 1. The van der Waals surface area contributed by atoms with Crippen molar-refractivity contribution in [2.45, 2.75) is 25.6 Å². The summed E-state index contributed by atoms with van der Waals surface area (Å²) in [5.41, 5.74) is -0.479. The molecule has 0 spiro atoms. The first kappa shape index (κ1) is 25.2. The van der Waals surface area contributed by atoms with Gasteiger partial charge in [0.25, 0.3) is 0 Å². The largest absolute Gasteiger partial charge is 0.416 e. The molecule has 0 saturated carbocycles. The highest BCUT2D eigenvalue weighted by molar-refractivity contribution is 7.92. The van der Waals surface area contributed by atoms with Gasteiger partial charge in [0.05, 0.1) is 41.3 Å². The molecule has 0 radical (unpaired) electrons. The summed E-state index contributed by atoms with van der Waals surface area (Å²) in [5, 5.41) is 2.54. The van der Waals surface area contributed by atoms with Crippen molar-refractivity contribution in [2.24, 2.45) is 4.36 Å². The Hall–Kier alpha value is -3.41. The second kappa shape index (κ2) is 9.84. The van der Waals surface area contributed by atoms with Gasteiger partial charge in [-0.2, -0.15) is 17.5 Å². The molecule has 1 amide bonds. The molecule has 0 aliphatic carbocycles. The van der Waals surface area contributed by atoms with Gasteiger partial charge in [-0.3, -0.25) is 19.7 Å². The lowest BCUT2D eigenvalue weighted by molar-refractivity contribution is -0.138. The second-order valence-corrected chi connectivity index (χ2v) is 10.2. The van der Waals surface area contributed by atoms with E-state index < -0.39 is 51.2 Å². The van der Waals surface area contributed by atoms with Gasteiger partial charge in [0.2, 0.25) is 5.91 Å². The van der Waals surface area contributed by atoms with Crippen LogP contribution in [0.25, 0.3) is 11.4 Å². The van der Waals surface area contributed by atoms with Crippen LogP contribution in [0.5, 0.6) is 0 Å². The zero-order valence-corrected chi connectivity index (χ0v) is 19.2. The second-order valence-electron chi connectivity index (χ2n) is 7.69. The molecule has 1 atom stereocenters. The van der Waals surface area contributed by atoms with E-state index in [0.29, 0.717) is 22.8 Å². The minimum atomic E-state index is -4.80. The van der Waals surface area contributed by atoms with Gasteiger partial charge >= 0.3 is 6.18 Å². The van der Waals surface area contributed by atoms with Gasteiger partial charge in [-0.1, -0.05) is 6.07 Å². The number of pyridine rings is 1. The summed E-state index contributed by atoms with van der Waals surface area (Å²) in [6, 6.07) is 4.98. The van der Waals surface area contributed by atoms with Crippen LogP contribution >= 0.6 is 0 Å². The average Bonchev–Trinajstić information content (AvgIpc) is 2.74. The van der Waals surface area contributed by atoms with Gasteiger partial charge in [0, 0.05) is 40.2 Å². The predicted molar refractivity (Wildman–Crippen MR) is 119 cm³/mol. The molecule has 34 heavy (non-hydrogen) atoms. The number of benzene rings is 1. The summed E-state index contributed by atoms with van der Waals surface area (Å²) in [4.78, 5) is 25.3. The molecule has 12 heteroatoms. The number of nitrogens with zero attached hydrogens (tertiary/aromatic N) is 4. The first-order valence-electron chi connectivity index (χ1n) is 9.93. The maximum absolute atomic E-state index is 14.1. The summed E-state index contributed by atoms with van der Waals surface area (Å²) in [6.45, 7) is 1.57. The molecular weight excluding hydrogens is 474 g/mol. The summed E-state index contributed by atoms with van der Waals surface area (Å²) >= 11 is 0. The topological polar surface area (TPSA) is 97.2 Å². The van der Waals surface area contributed by atoms with E-state index in [0.717, 1.165) is 18.2 Å². The van der Waals surface area contributed by atoms with Crippen molar-refractivity contribution in [3.63, 3.8) is 0 Å². The van der Waals surface area contributed by atoms with Gasteiger partial charge in [0.15, 0.2) is 0 Å². The smallest absolute Gasteiger partial charge is 0.348 e. The molecule has 1 aromatic carbocycles. The molecule has 0 aliphatic heterocycles. The van der Waals surface area contributed by atoms with E-state index in [4.69, 9.17) is 0 Å².